The second-order valence-corrected chi connectivity index (χ2v) is 8.08. The molecule has 144 valence electrons. The number of amides is 1. The van der Waals surface area contributed by atoms with Crippen molar-refractivity contribution in [2.75, 3.05) is 36.9 Å². The first-order valence-corrected chi connectivity index (χ1v) is 10.5. The molecular formula is C19H22N2O5S. The normalized spacial score (nSPS) is 13.1. The zero-order chi connectivity index (χ0) is 19.3. The Labute approximate surface area is 158 Å². The van der Waals surface area contributed by atoms with E-state index < -0.39 is 10.0 Å². The van der Waals surface area contributed by atoms with E-state index in [0.29, 0.717) is 30.4 Å². The van der Waals surface area contributed by atoms with E-state index in [1.54, 1.807) is 18.2 Å². The van der Waals surface area contributed by atoms with E-state index in [4.69, 9.17) is 9.47 Å². The Bertz CT molecular complexity index is 900. The van der Waals surface area contributed by atoms with Crippen LogP contribution in [0.4, 0.5) is 5.69 Å². The van der Waals surface area contributed by atoms with Crippen LogP contribution < -0.4 is 19.1 Å². The number of hydrogen-bond acceptors (Lipinski definition) is 5. The molecular weight excluding hydrogens is 368 g/mol. The molecule has 3 rings (SSSR count). The molecule has 1 N–H and O–H groups in total. The molecule has 0 radical (unpaired) electrons. The van der Waals surface area contributed by atoms with Gasteiger partial charge in [-0.25, -0.2) is 8.42 Å². The standard InChI is InChI=1S/C19H22N2O5S/c1-27(23,24)21(16-7-8-17-18(14-16)26-12-11-25-17)10-9-20-19(22)13-15-5-3-2-4-6-15/h2-8,14H,9-13H2,1H3,(H,20,22). The van der Waals surface area contributed by atoms with Gasteiger partial charge in [0.15, 0.2) is 11.5 Å². The fourth-order valence-electron chi connectivity index (χ4n) is 2.81. The van der Waals surface area contributed by atoms with Crippen LogP contribution in [0.5, 0.6) is 11.5 Å². The number of rotatable bonds is 7. The van der Waals surface area contributed by atoms with E-state index in [1.165, 1.54) is 4.31 Å². The monoisotopic (exact) mass is 390 g/mol. The molecule has 7 nitrogen and oxygen atoms in total. The molecule has 0 atom stereocenters. The molecule has 0 aliphatic carbocycles. The predicted molar refractivity (Wildman–Crippen MR) is 103 cm³/mol. The van der Waals surface area contributed by atoms with Crippen molar-refractivity contribution in [2.45, 2.75) is 6.42 Å². The smallest absolute Gasteiger partial charge is 0.232 e. The van der Waals surface area contributed by atoms with Gasteiger partial charge in [0.25, 0.3) is 0 Å². The Morgan fingerprint density at radius 1 is 1.07 bits per heavy atom. The number of benzene rings is 2. The minimum absolute atomic E-state index is 0.124. The Kier molecular flexibility index (Phi) is 5.85. The average molecular weight is 390 g/mol. The third-order valence-corrected chi connectivity index (χ3v) is 5.25. The first kappa shape index (κ1) is 19.0. The number of sulfonamides is 1. The van der Waals surface area contributed by atoms with Crippen LogP contribution in [0.15, 0.2) is 48.5 Å². The highest BCUT2D eigenvalue weighted by Gasteiger charge is 2.20. The third kappa shape index (κ3) is 5.13. The van der Waals surface area contributed by atoms with Crippen LogP contribution >= 0.6 is 0 Å². The third-order valence-electron chi connectivity index (χ3n) is 4.06. The largest absolute Gasteiger partial charge is 0.486 e. The topological polar surface area (TPSA) is 84.9 Å². The van der Waals surface area contributed by atoms with Gasteiger partial charge >= 0.3 is 0 Å². The van der Waals surface area contributed by atoms with Crippen molar-refractivity contribution in [3.63, 3.8) is 0 Å². The van der Waals surface area contributed by atoms with E-state index in [0.717, 1.165) is 11.8 Å². The molecule has 0 bridgehead atoms. The molecule has 0 aromatic heterocycles. The zero-order valence-electron chi connectivity index (χ0n) is 15.1. The number of ether oxygens (including phenoxy) is 2. The highest BCUT2D eigenvalue weighted by atomic mass is 32.2. The molecule has 0 unspecified atom stereocenters. The summed E-state index contributed by atoms with van der Waals surface area (Å²) in [7, 11) is -3.52. The fraction of sp³-hybridized carbons (Fsp3) is 0.316. The van der Waals surface area contributed by atoms with Crippen LogP contribution in [0.2, 0.25) is 0 Å². The van der Waals surface area contributed by atoms with Gasteiger partial charge in [-0.05, 0) is 17.7 Å². The first-order valence-electron chi connectivity index (χ1n) is 8.61. The summed E-state index contributed by atoms with van der Waals surface area (Å²) in [6.45, 7) is 1.21. The molecule has 0 saturated heterocycles. The lowest BCUT2D eigenvalue weighted by Gasteiger charge is -2.25. The lowest BCUT2D eigenvalue weighted by atomic mass is 10.1. The zero-order valence-corrected chi connectivity index (χ0v) is 15.9. The first-order chi connectivity index (χ1) is 12.9. The summed E-state index contributed by atoms with van der Waals surface area (Å²) >= 11 is 0. The molecule has 1 heterocycles. The highest BCUT2D eigenvalue weighted by molar-refractivity contribution is 7.92. The average Bonchev–Trinajstić information content (AvgIpc) is 2.65. The number of nitrogens with one attached hydrogen (secondary N) is 1. The maximum atomic E-state index is 12.2. The van der Waals surface area contributed by atoms with Gasteiger partial charge in [0, 0.05) is 12.6 Å². The number of hydrogen-bond donors (Lipinski definition) is 1. The Morgan fingerprint density at radius 2 is 1.78 bits per heavy atom. The number of carbonyl (C=O) groups excluding carboxylic acids is 1. The van der Waals surface area contributed by atoms with E-state index >= 15 is 0 Å². The van der Waals surface area contributed by atoms with Gasteiger partial charge in [-0.15, -0.1) is 0 Å². The van der Waals surface area contributed by atoms with Crippen LogP contribution in [0.3, 0.4) is 0 Å². The summed E-state index contributed by atoms with van der Waals surface area (Å²) in [5.41, 5.74) is 1.38. The van der Waals surface area contributed by atoms with Crippen LogP contribution in [-0.4, -0.2) is 46.9 Å². The molecule has 1 amide bonds. The van der Waals surface area contributed by atoms with Crippen molar-refractivity contribution in [1.82, 2.24) is 5.32 Å². The Hall–Kier alpha value is -2.74. The van der Waals surface area contributed by atoms with Crippen LogP contribution in [0.1, 0.15) is 5.56 Å². The number of anilines is 1. The van der Waals surface area contributed by atoms with Gasteiger partial charge in [0.1, 0.15) is 13.2 Å². The minimum Gasteiger partial charge on any atom is -0.486 e. The summed E-state index contributed by atoms with van der Waals surface area (Å²) in [6.07, 6.45) is 1.39. The van der Waals surface area contributed by atoms with Gasteiger partial charge in [-0.2, -0.15) is 0 Å². The molecule has 27 heavy (non-hydrogen) atoms. The van der Waals surface area contributed by atoms with Crippen LogP contribution in [0, 0.1) is 0 Å². The van der Waals surface area contributed by atoms with E-state index in [9.17, 15) is 13.2 Å². The number of carbonyl (C=O) groups is 1. The maximum Gasteiger partial charge on any atom is 0.232 e. The molecule has 1 aliphatic heterocycles. The van der Waals surface area contributed by atoms with E-state index in [-0.39, 0.29) is 25.4 Å². The van der Waals surface area contributed by atoms with Crippen molar-refractivity contribution in [3.05, 3.63) is 54.1 Å². The van der Waals surface area contributed by atoms with Crippen molar-refractivity contribution in [2.24, 2.45) is 0 Å². The number of nitrogens with zero attached hydrogens (tertiary/aromatic N) is 1. The van der Waals surface area contributed by atoms with Crippen molar-refractivity contribution >= 4 is 21.6 Å². The van der Waals surface area contributed by atoms with Gasteiger partial charge in [0.2, 0.25) is 15.9 Å². The summed E-state index contributed by atoms with van der Waals surface area (Å²) in [5, 5.41) is 2.76. The highest BCUT2D eigenvalue weighted by Crippen LogP contribution is 2.34. The molecule has 1 aliphatic rings. The van der Waals surface area contributed by atoms with E-state index in [2.05, 4.69) is 5.32 Å². The van der Waals surface area contributed by atoms with Crippen molar-refractivity contribution < 1.29 is 22.7 Å². The predicted octanol–water partition coefficient (Wildman–Crippen LogP) is 1.58. The van der Waals surface area contributed by atoms with E-state index in [1.807, 2.05) is 30.3 Å². The van der Waals surface area contributed by atoms with Gasteiger partial charge < -0.3 is 14.8 Å². The van der Waals surface area contributed by atoms with Crippen LogP contribution in [0.25, 0.3) is 0 Å². The molecule has 2 aromatic carbocycles. The summed E-state index contributed by atoms with van der Waals surface area (Å²) in [6, 6.07) is 14.4. The second kappa shape index (κ2) is 8.30. The van der Waals surface area contributed by atoms with Crippen LogP contribution in [-0.2, 0) is 21.2 Å². The molecule has 8 heteroatoms. The molecule has 2 aromatic rings. The van der Waals surface area contributed by atoms with Gasteiger partial charge in [0.05, 0.1) is 24.9 Å². The summed E-state index contributed by atoms with van der Waals surface area (Å²) < 4.78 is 36.6. The minimum atomic E-state index is -3.52. The maximum absolute atomic E-state index is 12.2. The lowest BCUT2D eigenvalue weighted by Crippen LogP contribution is -2.38. The van der Waals surface area contributed by atoms with Gasteiger partial charge in [-0.1, -0.05) is 30.3 Å². The van der Waals surface area contributed by atoms with Gasteiger partial charge in [-0.3, -0.25) is 9.10 Å². The van der Waals surface area contributed by atoms with Crippen molar-refractivity contribution in [1.29, 1.82) is 0 Å². The summed E-state index contributed by atoms with van der Waals surface area (Å²) in [4.78, 5) is 12.1. The quantitative estimate of drug-likeness (QED) is 0.776. The Balaban J connectivity index is 1.63. The Morgan fingerprint density at radius 3 is 2.48 bits per heavy atom. The fourth-order valence-corrected chi connectivity index (χ4v) is 3.73. The summed E-state index contributed by atoms with van der Waals surface area (Å²) in [5.74, 6) is 0.951. The number of fused-ring (bicyclic) bond motifs is 1. The lowest BCUT2D eigenvalue weighted by molar-refractivity contribution is -0.120. The molecule has 0 fully saturated rings. The molecule has 0 spiro atoms. The second-order valence-electron chi connectivity index (χ2n) is 6.18. The SMILES string of the molecule is CS(=O)(=O)N(CCNC(=O)Cc1ccccc1)c1ccc2c(c1)OCCO2. The molecule has 0 saturated carbocycles. The van der Waals surface area contributed by atoms with Crippen molar-refractivity contribution in [3.8, 4) is 11.5 Å².